The fourth-order valence-electron chi connectivity index (χ4n) is 1.63. The molecule has 0 aromatic heterocycles. The molecule has 1 amide bonds. The minimum atomic E-state index is -0.616. The molecular weight excluding hydrogens is 299 g/mol. The number of carbonyl (C=O) groups is 1. The predicted octanol–water partition coefficient (Wildman–Crippen LogP) is 2.34. The van der Waals surface area contributed by atoms with Gasteiger partial charge in [-0.1, -0.05) is 13.3 Å². The van der Waals surface area contributed by atoms with Crippen molar-refractivity contribution >= 4 is 24.0 Å². The van der Waals surface area contributed by atoms with Gasteiger partial charge in [0.15, 0.2) is 0 Å². The van der Waals surface area contributed by atoms with Gasteiger partial charge in [-0.3, -0.25) is 4.79 Å². The molecule has 0 bridgehead atoms. The highest BCUT2D eigenvalue weighted by atomic mass is 35.5. The first-order valence-corrected chi connectivity index (χ1v) is 6.56. The number of carbonyl (C=O) groups excluding carboxylic acids is 1. The summed E-state index contributed by atoms with van der Waals surface area (Å²) >= 11 is 0. The summed E-state index contributed by atoms with van der Waals surface area (Å²) in [5.41, 5.74) is 5.99. The highest BCUT2D eigenvalue weighted by Crippen LogP contribution is 2.25. The van der Waals surface area contributed by atoms with Gasteiger partial charge >= 0.3 is 0 Å². The number of hydrogen-bond donors (Lipinski definition) is 2. The quantitative estimate of drug-likeness (QED) is 0.721. The van der Waals surface area contributed by atoms with Crippen molar-refractivity contribution in [3.8, 4) is 5.75 Å². The Bertz CT molecular complexity index is 446. The molecule has 1 atom stereocenters. The second-order valence-electron chi connectivity index (χ2n) is 4.37. The summed E-state index contributed by atoms with van der Waals surface area (Å²) in [5, 5.41) is 2.59. The lowest BCUT2D eigenvalue weighted by Gasteiger charge is -2.15. The van der Waals surface area contributed by atoms with Gasteiger partial charge in [-0.15, -0.1) is 12.4 Å². The van der Waals surface area contributed by atoms with Gasteiger partial charge in [0.2, 0.25) is 5.91 Å². The van der Waals surface area contributed by atoms with Gasteiger partial charge < -0.3 is 20.5 Å². The zero-order chi connectivity index (χ0) is 15.0. The summed E-state index contributed by atoms with van der Waals surface area (Å²) in [6.45, 7) is 2.65. The van der Waals surface area contributed by atoms with Gasteiger partial charge in [-0.2, -0.15) is 0 Å². The van der Waals surface area contributed by atoms with Gasteiger partial charge in [-0.25, -0.2) is 4.39 Å². The number of rotatable bonds is 8. The molecule has 3 N–H and O–H groups in total. The minimum absolute atomic E-state index is 0. The molecule has 5 nitrogen and oxygen atoms in total. The van der Waals surface area contributed by atoms with Crippen LogP contribution in [0.3, 0.4) is 0 Å². The number of ether oxygens (including phenoxy) is 2. The van der Waals surface area contributed by atoms with Crippen molar-refractivity contribution in [3.63, 3.8) is 0 Å². The SMILES string of the molecule is CCCC(N)C(=O)Nc1cc(F)ccc1OCCOC.Cl. The Morgan fingerprint density at radius 3 is 2.76 bits per heavy atom. The summed E-state index contributed by atoms with van der Waals surface area (Å²) in [4.78, 5) is 11.9. The Balaban J connectivity index is 0.00000400. The maximum Gasteiger partial charge on any atom is 0.241 e. The van der Waals surface area contributed by atoms with E-state index in [9.17, 15) is 9.18 Å². The zero-order valence-electron chi connectivity index (χ0n) is 12.2. The summed E-state index contributed by atoms with van der Waals surface area (Å²) in [7, 11) is 1.56. The molecule has 0 saturated heterocycles. The molecule has 0 fully saturated rings. The number of amides is 1. The first-order valence-electron chi connectivity index (χ1n) is 6.56. The molecule has 1 unspecified atom stereocenters. The standard InChI is InChI=1S/C14H21FN2O3.ClH/c1-3-4-11(16)14(18)17-12-9-10(15)5-6-13(12)20-8-7-19-2;/h5-6,9,11H,3-4,7-8,16H2,1-2H3,(H,17,18);1H. The smallest absolute Gasteiger partial charge is 0.241 e. The number of halogens is 2. The Morgan fingerprint density at radius 2 is 2.14 bits per heavy atom. The minimum Gasteiger partial charge on any atom is -0.489 e. The molecule has 0 saturated carbocycles. The molecule has 0 aliphatic carbocycles. The van der Waals surface area contributed by atoms with Crippen molar-refractivity contribution in [2.24, 2.45) is 5.73 Å². The molecule has 0 aliphatic rings. The zero-order valence-corrected chi connectivity index (χ0v) is 13.0. The third-order valence-corrected chi connectivity index (χ3v) is 2.68. The van der Waals surface area contributed by atoms with Crippen LogP contribution < -0.4 is 15.8 Å². The van der Waals surface area contributed by atoms with Crippen molar-refractivity contribution in [2.45, 2.75) is 25.8 Å². The van der Waals surface area contributed by atoms with E-state index in [1.54, 1.807) is 7.11 Å². The molecule has 21 heavy (non-hydrogen) atoms. The van der Waals surface area contributed by atoms with Crippen LogP contribution in [0.4, 0.5) is 10.1 Å². The molecule has 120 valence electrons. The van der Waals surface area contributed by atoms with Crippen LogP contribution in [-0.2, 0) is 9.53 Å². The van der Waals surface area contributed by atoms with E-state index in [1.165, 1.54) is 18.2 Å². The Morgan fingerprint density at radius 1 is 1.43 bits per heavy atom. The van der Waals surface area contributed by atoms with Gasteiger partial charge in [-0.05, 0) is 18.6 Å². The van der Waals surface area contributed by atoms with E-state index in [-0.39, 0.29) is 24.0 Å². The number of nitrogens with two attached hydrogens (primary N) is 1. The fourth-order valence-corrected chi connectivity index (χ4v) is 1.63. The first kappa shape index (κ1) is 19.6. The van der Waals surface area contributed by atoms with Gasteiger partial charge in [0.1, 0.15) is 18.2 Å². The maximum atomic E-state index is 13.3. The van der Waals surface area contributed by atoms with Crippen LogP contribution in [0.2, 0.25) is 0 Å². The average Bonchev–Trinajstić information content (AvgIpc) is 2.41. The summed E-state index contributed by atoms with van der Waals surface area (Å²) in [5.74, 6) is -0.419. The van der Waals surface area contributed by atoms with Crippen LogP contribution in [0.25, 0.3) is 0 Å². The lowest BCUT2D eigenvalue weighted by atomic mass is 10.1. The normalized spacial score (nSPS) is 11.4. The molecule has 1 rings (SSSR count). The summed E-state index contributed by atoms with van der Waals surface area (Å²) < 4.78 is 23.6. The largest absolute Gasteiger partial charge is 0.489 e. The van der Waals surface area contributed by atoms with Crippen LogP contribution in [0.1, 0.15) is 19.8 Å². The molecule has 7 heteroatoms. The third-order valence-electron chi connectivity index (χ3n) is 2.68. The summed E-state index contributed by atoms with van der Waals surface area (Å²) in [6, 6.07) is 3.32. The Hall–Kier alpha value is -1.37. The number of benzene rings is 1. The molecule has 1 aromatic carbocycles. The molecule has 0 radical (unpaired) electrons. The lowest BCUT2D eigenvalue weighted by molar-refractivity contribution is -0.117. The monoisotopic (exact) mass is 320 g/mol. The number of anilines is 1. The van der Waals surface area contributed by atoms with E-state index in [0.29, 0.717) is 25.4 Å². The van der Waals surface area contributed by atoms with E-state index >= 15 is 0 Å². The van der Waals surface area contributed by atoms with Crippen LogP contribution in [-0.4, -0.2) is 32.3 Å². The van der Waals surface area contributed by atoms with Crippen LogP contribution in [0.15, 0.2) is 18.2 Å². The van der Waals surface area contributed by atoms with Gasteiger partial charge in [0.25, 0.3) is 0 Å². The molecule has 1 aromatic rings. The highest BCUT2D eigenvalue weighted by Gasteiger charge is 2.15. The molecule has 0 aliphatic heterocycles. The lowest BCUT2D eigenvalue weighted by Crippen LogP contribution is -2.35. The number of nitrogens with one attached hydrogen (secondary N) is 1. The second-order valence-corrected chi connectivity index (χ2v) is 4.37. The van der Waals surface area contributed by atoms with Crippen LogP contribution in [0.5, 0.6) is 5.75 Å². The Kier molecular flexibility index (Phi) is 9.69. The van der Waals surface area contributed by atoms with Crippen molar-refractivity contribution in [1.29, 1.82) is 0 Å². The molecular formula is C14H22ClFN2O3. The predicted molar refractivity (Wildman–Crippen MR) is 82.5 cm³/mol. The van der Waals surface area contributed by atoms with Crippen molar-refractivity contribution in [1.82, 2.24) is 0 Å². The van der Waals surface area contributed by atoms with E-state index < -0.39 is 11.9 Å². The Labute approximate surface area is 130 Å². The van der Waals surface area contributed by atoms with Gasteiger partial charge in [0.05, 0.1) is 18.3 Å². The van der Waals surface area contributed by atoms with E-state index in [2.05, 4.69) is 5.32 Å². The molecule has 0 heterocycles. The number of methoxy groups -OCH3 is 1. The van der Waals surface area contributed by atoms with Gasteiger partial charge in [0, 0.05) is 13.2 Å². The maximum absolute atomic E-state index is 13.3. The van der Waals surface area contributed by atoms with Crippen molar-refractivity contribution in [2.75, 3.05) is 25.6 Å². The first-order chi connectivity index (χ1) is 9.58. The second kappa shape index (κ2) is 10.4. The van der Waals surface area contributed by atoms with E-state index in [4.69, 9.17) is 15.2 Å². The third kappa shape index (κ3) is 6.75. The van der Waals surface area contributed by atoms with Crippen LogP contribution in [0, 0.1) is 5.82 Å². The van der Waals surface area contributed by atoms with Crippen molar-refractivity contribution < 1.29 is 18.7 Å². The summed E-state index contributed by atoms with van der Waals surface area (Å²) in [6.07, 6.45) is 1.37. The fraction of sp³-hybridized carbons (Fsp3) is 0.500. The average molecular weight is 321 g/mol. The topological polar surface area (TPSA) is 73.6 Å². The number of hydrogen-bond acceptors (Lipinski definition) is 4. The highest BCUT2D eigenvalue weighted by molar-refractivity contribution is 5.95. The van der Waals surface area contributed by atoms with Crippen molar-refractivity contribution in [3.05, 3.63) is 24.0 Å². The molecule has 0 spiro atoms. The van der Waals surface area contributed by atoms with Crippen LogP contribution >= 0.6 is 12.4 Å². The van der Waals surface area contributed by atoms with E-state index in [0.717, 1.165) is 6.42 Å². The van der Waals surface area contributed by atoms with E-state index in [1.807, 2.05) is 6.92 Å².